The van der Waals surface area contributed by atoms with Gasteiger partial charge in [-0.25, -0.2) is 4.98 Å². The Bertz CT molecular complexity index is 1490. The lowest BCUT2D eigenvalue weighted by atomic mass is 9.99. The summed E-state index contributed by atoms with van der Waals surface area (Å²) in [4.78, 5) is 33.1. The van der Waals surface area contributed by atoms with Gasteiger partial charge in [-0.05, 0) is 68.6 Å². The summed E-state index contributed by atoms with van der Waals surface area (Å²) in [5, 5.41) is 11.8. The van der Waals surface area contributed by atoms with E-state index in [9.17, 15) is 9.59 Å². The highest BCUT2D eigenvalue weighted by Gasteiger charge is 2.25. The number of carbonyl (C=O) groups is 2. The zero-order valence-electron chi connectivity index (χ0n) is 22.4. The van der Waals surface area contributed by atoms with E-state index in [4.69, 9.17) is 4.98 Å². The van der Waals surface area contributed by atoms with Gasteiger partial charge in [-0.2, -0.15) is 5.10 Å². The first-order valence-corrected chi connectivity index (χ1v) is 13.1. The minimum absolute atomic E-state index is 0.0273. The summed E-state index contributed by atoms with van der Waals surface area (Å²) < 4.78 is 1.75. The third kappa shape index (κ3) is 5.17. The maximum atomic E-state index is 13.5. The highest BCUT2D eigenvalue weighted by atomic mass is 16.2. The minimum atomic E-state index is -0.278. The molecule has 1 saturated heterocycles. The van der Waals surface area contributed by atoms with Crippen molar-refractivity contribution in [3.05, 3.63) is 77.6 Å². The summed E-state index contributed by atoms with van der Waals surface area (Å²) in [5.41, 5.74) is 5.68. The molecule has 2 atom stereocenters. The number of likely N-dealkylation sites (N-methyl/N-ethyl adjacent to an activating group) is 1. The molecule has 1 aliphatic rings. The van der Waals surface area contributed by atoms with Crippen molar-refractivity contribution in [3.8, 4) is 11.3 Å². The number of carbonyl (C=O) groups excluding carboxylic acids is 2. The number of nitrogens with zero attached hydrogens (tertiary/aromatic N) is 4. The minimum Gasteiger partial charge on any atom is -0.345 e. The fraction of sp³-hybridized carbons (Fsp3) is 0.333. The summed E-state index contributed by atoms with van der Waals surface area (Å²) in [6.45, 7) is 4.75. The van der Waals surface area contributed by atoms with Crippen LogP contribution >= 0.6 is 0 Å². The van der Waals surface area contributed by atoms with E-state index < -0.39 is 0 Å². The van der Waals surface area contributed by atoms with E-state index in [0.29, 0.717) is 11.3 Å². The molecule has 2 aromatic heterocycles. The quantitative estimate of drug-likeness (QED) is 0.397. The zero-order valence-corrected chi connectivity index (χ0v) is 22.4. The Balaban J connectivity index is 1.41. The van der Waals surface area contributed by atoms with E-state index in [1.54, 1.807) is 22.8 Å². The maximum absolute atomic E-state index is 13.5. The van der Waals surface area contributed by atoms with Gasteiger partial charge >= 0.3 is 0 Å². The molecule has 0 radical (unpaired) electrons. The van der Waals surface area contributed by atoms with Gasteiger partial charge in [-0.3, -0.25) is 14.3 Å². The van der Waals surface area contributed by atoms with Crippen LogP contribution in [-0.4, -0.2) is 46.2 Å². The van der Waals surface area contributed by atoms with Crippen LogP contribution in [-0.2, 0) is 11.8 Å². The average molecular weight is 511 g/mol. The first kappa shape index (κ1) is 25.6. The molecule has 38 heavy (non-hydrogen) atoms. The number of amides is 2. The highest BCUT2D eigenvalue weighted by Crippen LogP contribution is 2.29. The smallest absolute Gasteiger partial charge is 0.252 e. The predicted molar refractivity (Wildman–Crippen MR) is 150 cm³/mol. The van der Waals surface area contributed by atoms with Crippen LogP contribution in [0.5, 0.6) is 0 Å². The molecule has 3 heterocycles. The lowest BCUT2D eigenvalue weighted by molar-refractivity contribution is -0.120. The van der Waals surface area contributed by atoms with Crippen LogP contribution in [0.1, 0.15) is 53.7 Å². The molecule has 0 spiro atoms. The number of aryl methyl sites for hydroxylation is 2. The van der Waals surface area contributed by atoms with Crippen LogP contribution in [0, 0.1) is 6.92 Å². The van der Waals surface area contributed by atoms with Crippen molar-refractivity contribution in [1.82, 2.24) is 25.4 Å². The molecular formula is C30H34N6O2. The summed E-state index contributed by atoms with van der Waals surface area (Å²) in [6, 6.07) is 15.1. The lowest BCUT2D eigenvalue weighted by Crippen LogP contribution is -2.47. The number of anilines is 1. The number of fused-ring (bicyclic) bond motifs is 1. The molecule has 8 heteroatoms. The Labute approximate surface area is 223 Å². The van der Waals surface area contributed by atoms with Gasteiger partial charge in [0.2, 0.25) is 5.91 Å². The molecule has 4 aromatic rings. The summed E-state index contributed by atoms with van der Waals surface area (Å²) in [5.74, 6) is -0.156. The number of pyridine rings is 1. The fourth-order valence-electron chi connectivity index (χ4n) is 5.10. The monoisotopic (exact) mass is 510 g/mol. The number of piperidine rings is 1. The molecule has 5 rings (SSSR count). The molecule has 1 aliphatic heterocycles. The Morgan fingerprint density at radius 1 is 1.16 bits per heavy atom. The normalized spacial score (nSPS) is 16.3. The van der Waals surface area contributed by atoms with Crippen molar-refractivity contribution < 1.29 is 9.59 Å². The molecule has 2 aromatic carbocycles. The fourth-order valence-corrected chi connectivity index (χ4v) is 5.10. The molecule has 8 nitrogen and oxygen atoms in total. The van der Waals surface area contributed by atoms with Crippen molar-refractivity contribution in [2.45, 2.75) is 45.2 Å². The van der Waals surface area contributed by atoms with Gasteiger partial charge in [0.25, 0.3) is 5.91 Å². The van der Waals surface area contributed by atoms with Gasteiger partial charge in [0, 0.05) is 42.5 Å². The van der Waals surface area contributed by atoms with Crippen LogP contribution in [0.4, 0.5) is 5.69 Å². The van der Waals surface area contributed by atoms with Crippen LogP contribution in [0.15, 0.2) is 60.9 Å². The first-order valence-electron chi connectivity index (χ1n) is 13.1. The number of aromatic nitrogens is 3. The number of hydrogen-bond donors (Lipinski definition) is 2. The van der Waals surface area contributed by atoms with E-state index in [0.717, 1.165) is 59.1 Å². The second-order valence-electron chi connectivity index (χ2n) is 10.1. The number of rotatable bonds is 6. The Morgan fingerprint density at radius 3 is 2.71 bits per heavy atom. The molecule has 196 valence electrons. The van der Waals surface area contributed by atoms with E-state index in [2.05, 4.69) is 15.7 Å². The highest BCUT2D eigenvalue weighted by molar-refractivity contribution is 6.00. The second-order valence-corrected chi connectivity index (χ2v) is 10.1. The number of para-hydroxylation sites is 1. The SMILES string of the molecule is Cc1ccc(N(C)C(=O)C2CCCCN2)cc1C(=O)N[C@H](C)c1cc(-c2cnn(C)c2)nc2ccccc12. The summed E-state index contributed by atoms with van der Waals surface area (Å²) >= 11 is 0. The predicted octanol–water partition coefficient (Wildman–Crippen LogP) is 4.54. The lowest BCUT2D eigenvalue weighted by Gasteiger charge is -2.28. The van der Waals surface area contributed by atoms with Gasteiger partial charge in [0.05, 0.1) is 29.5 Å². The van der Waals surface area contributed by atoms with E-state index in [1.807, 2.05) is 75.6 Å². The zero-order chi connectivity index (χ0) is 26.8. The third-order valence-electron chi connectivity index (χ3n) is 7.35. The number of nitrogens with one attached hydrogen (secondary N) is 2. The molecule has 1 unspecified atom stereocenters. The van der Waals surface area contributed by atoms with Gasteiger partial charge in [-0.1, -0.05) is 30.7 Å². The first-order chi connectivity index (χ1) is 18.3. The van der Waals surface area contributed by atoms with E-state index in [1.165, 1.54) is 0 Å². The van der Waals surface area contributed by atoms with E-state index in [-0.39, 0.29) is 23.9 Å². The molecule has 2 amide bonds. The van der Waals surface area contributed by atoms with Gasteiger partial charge < -0.3 is 15.5 Å². The largest absolute Gasteiger partial charge is 0.345 e. The third-order valence-corrected chi connectivity index (χ3v) is 7.35. The van der Waals surface area contributed by atoms with Gasteiger partial charge in [0.1, 0.15) is 0 Å². The van der Waals surface area contributed by atoms with Gasteiger partial charge in [-0.15, -0.1) is 0 Å². The molecule has 2 N–H and O–H groups in total. The van der Waals surface area contributed by atoms with Gasteiger partial charge in [0.15, 0.2) is 0 Å². The second kappa shape index (κ2) is 10.8. The van der Waals surface area contributed by atoms with Crippen LogP contribution in [0.2, 0.25) is 0 Å². The number of hydrogen-bond acceptors (Lipinski definition) is 5. The Kier molecular flexibility index (Phi) is 7.24. The Morgan fingerprint density at radius 2 is 1.97 bits per heavy atom. The van der Waals surface area contributed by atoms with Crippen molar-refractivity contribution in [1.29, 1.82) is 0 Å². The Hall–Kier alpha value is -4.04. The van der Waals surface area contributed by atoms with Crippen molar-refractivity contribution >= 4 is 28.4 Å². The molecule has 0 aliphatic carbocycles. The van der Waals surface area contributed by atoms with Crippen molar-refractivity contribution in [2.75, 3.05) is 18.5 Å². The van der Waals surface area contributed by atoms with Crippen molar-refractivity contribution in [2.24, 2.45) is 7.05 Å². The summed E-state index contributed by atoms with van der Waals surface area (Å²) in [7, 11) is 3.65. The molecule has 0 saturated carbocycles. The number of benzene rings is 2. The molecule has 0 bridgehead atoms. The maximum Gasteiger partial charge on any atom is 0.252 e. The van der Waals surface area contributed by atoms with Crippen LogP contribution < -0.4 is 15.5 Å². The average Bonchev–Trinajstić information content (AvgIpc) is 3.38. The topological polar surface area (TPSA) is 92.2 Å². The van der Waals surface area contributed by atoms with Crippen LogP contribution in [0.3, 0.4) is 0 Å². The molecular weight excluding hydrogens is 476 g/mol. The van der Waals surface area contributed by atoms with Crippen LogP contribution in [0.25, 0.3) is 22.2 Å². The summed E-state index contributed by atoms with van der Waals surface area (Å²) in [6.07, 6.45) is 6.69. The molecule has 1 fully saturated rings. The van der Waals surface area contributed by atoms with Crippen molar-refractivity contribution in [3.63, 3.8) is 0 Å². The standard InChI is InChI=1S/C30H34N6O2/c1-19-12-13-22(36(4)30(38)27-11-7-8-14-31-27)15-24(19)29(37)33-20(2)25-16-28(21-17-32-35(3)18-21)34-26-10-6-5-9-23(25)26/h5-6,9-10,12-13,15-18,20,27,31H,7-8,11,14H2,1-4H3,(H,33,37)/t20-,27?/m1/s1. The van der Waals surface area contributed by atoms with E-state index >= 15 is 0 Å².